The monoisotopic (exact) mass is 492 g/mol. The number of hydrogen-bond donors (Lipinski definition) is 2. The molecule has 3 aromatic rings. The number of benzene rings is 2. The maximum atomic E-state index is 5.63. The normalized spacial score (nSPS) is 10.9. The molecule has 2 N–H and O–H groups in total. The molecule has 0 aliphatic carbocycles. The van der Waals surface area contributed by atoms with Gasteiger partial charge in [0.05, 0.1) is 26.0 Å². The van der Waals surface area contributed by atoms with Gasteiger partial charge >= 0.3 is 0 Å². The van der Waals surface area contributed by atoms with E-state index in [9.17, 15) is 0 Å². The van der Waals surface area contributed by atoms with E-state index in [2.05, 4.69) is 32.7 Å². The number of anilines is 1. The molecule has 0 unspecified atom stereocenters. The Labute approximate surface area is 182 Å². The Hall–Kier alpha value is -2.55. The van der Waals surface area contributed by atoms with Crippen LogP contribution in [0.2, 0.25) is 0 Å². The lowest BCUT2D eigenvalue weighted by atomic mass is 10.1. The lowest BCUT2D eigenvalue weighted by Gasteiger charge is -2.15. The van der Waals surface area contributed by atoms with Gasteiger partial charge in [-0.05, 0) is 30.5 Å². The third-order valence-electron chi connectivity index (χ3n) is 4.13. The molecule has 2 aromatic carbocycles. The highest BCUT2D eigenvalue weighted by molar-refractivity contribution is 14.0. The van der Waals surface area contributed by atoms with Crippen molar-refractivity contribution in [1.29, 1.82) is 0 Å². The van der Waals surface area contributed by atoms with Crippen LogP contribution >= 0.6 is 24.0 Å². The number of methoxy groups -OCH3 is 1. The number of nitrogens with one attached hydrogen (secondary N) is 2. The first-order valence-electron chi connectivity index (χ1n) is 8.86. The first-order valence-corrected chi connectivity index (χ1v) is 8.86. The van der Waals surface area contributed by atoms with E-state index in [0.29, 0.717) is 30.6 Å². The molecule has 7 heteroatoms. The lowest BCUT2D eigenvalue weighted by molar-refractivity contribution is 0.311. The number of pyridine rings is 1. The number of halogens is 1. The molecule has 0 bridgehead atoms. The second-order valence-corrected chi connectivity index (χ2v) is 5.83. The van der Waals surface area contributed by atoms with E-state index in [-0.39, 0.29) is 24.0 Å². The van der Waals surface area contributed by atoms with E-state index >= 15 is 0 Å². The number of nitrogens with zero attached hydrogens (tertiary/aromatic N) is 2. The van der Waals surface area contributed by atoms with Crippen molar-refractivity contribution in [2.24, 2.45) is 4.99 Å². The molecule has 1 heterocycles. The zero-order valence-corrected chi connectivity index (χ0v) is 18.6. The van der Waals surface area contributed by atoms with E-state index in [1.54, 1.807) is 14.2 Å². The van der Waals surface area contributed by atoms with Crippen molar-refractivity contribution < 1.29 is 9.47 Å². The zero-order valence-electron chi connectivity index (χ0n) is 16.2. The van der Waals surface area contributed by atoms with Crippen LogP contribution in [0, 0.1) is 0 Å². The fraction of sp³-hybridized carbons (Fsp3) is 0.238. The van der Waals surface area contributed by atoms with Gasteiger partial charge in [-0.3, -0.25) is 9.98 Å². The highest BCUT2D eigenvalue weighted by Gasteiger charge is 2.08. The number of aromatic nitrogens is 1. The second-order valence-electron chi connectivity index (χ2n) is 5.83. The van der Waals surface area contributed by atoms with Gasteiger partial charge in [0, 0.05) is 30.4 Å². The number of aliphatic imine (C=N–C) groups is 1. The Morgan fingerprint density at radius 1 is 1.11 bits per heavy atom. The first-order chi connectivity index (χ1) is 13.2. The predicted octanol–water partition coefficient (Wildman–Crippen LogP) is 4.45. The summed E-state index contributed by atoms with van der Waals surface area (Å²) in [4.78, 5) is 8.79. The van der Waals surface area contributed by atoms with Crippen molar-refractivity contribution in [2.75, 3.05) is 26.1 Å². The molecule has 0 atom stereocenters. The molecular formula is C21H25IN4O2. The number of fused-ring (bicyclic) bond motifs is 1. The van der Waals surface area contributed by atoms with Gasteiger partial charge in [-0.15, -0.1) is 24.0 Å². The van der Waals surface area contributed by atoms with Crippen molar-refractivity contribution in [3.8, 4) is 11.5 Å². The summed E-state index contributed by atoms with van der Waals surface area (Å²) in [7, 11) is 3.36. The SMILES string of the molecule is CCOc1cc(NC(=NC)NCc2nccc3ccccc23)ccc1OC.I. The molecule has 28 heavy (non-hydrogen) atoms. The molecule has 0 aliphatic heterocycles. The van der Waals surface area contributed by atoms with Gasteiger partial charge in [0.25, 0.3) is 0 Å². The topological polar surface area (TPSA) is 67.8 Å². The molecule has 3 rings (SSSR count). The van der Waals surface area contributed by atoms with Crippen LogP contribution in [0.25, 0.3) is 10.8 Å². The zero-order chi connectivity index (χ0) is 19.1. The van der Waals surface area contributed by atoms with E-state index in [1.807, 2.05) is 49.5 Å². The first kappa shape index (κ1) is 21.7. The van der Waals surface area contributed by atoms with Gasteiger partial charge in [0.2, 0.25) is 0 Å². The summed E-state index contributed by atoms with van der Waals surface area (Å²) in [6.07, 6.45) is 1.83. The van der Waals surface area contributed by atoms with Gasteiger partial charge in [-0.1, -0.05) is 24.3 Å². The molecule has 0 amide bonds. The van der Waals surface area contributed by atoms with E-state index in [0.717, 1.165) is 16.8 Å². The summed E-state index contributed by atoms with van der Waals surface area (Å²) in [5.41, 5.74) is 1.83. The van der Waals surface area contributed by atoms with Gasteiger partial charge in [0.15, 0.2) is 17.5 Å². The fourth-order valence-corrected chi connectivity index (χ4v) is 2.83. The largest absolute Gasteiger partial charge is 0.493 e. The maximum Gasteiger partial charge on any atom is 0.195 e. The molecule has 148 valence electrons. The smallest absolute Gasteiger partial charge is 0.195 e. The van der Waals surface area contributed by atoms with Gasteiger partial charge in [-0.2, -0.15) is 0 Å². The van der Waals surface area contributed by atoms with Gasteiger partial charge in [-0.25, -0.2) is 0 Å². The summed E-state index contributed by atoms with van der Waals surface area (Å²) < 4.78 is 10.9. The lowest BCUT2D eigenvalue weighted by Crippen LogP contribution is -2.30. The Bertz CT molecular complexity index is 941. The molecular weight excluding hydrogens is 467 g/mol. The van der Waals surface area contributed by atoms with Crippen LogP contribution in [0.3, 0.4) is 0 Å². The van der Waals surface area contributed by atoms with Gasteiger partial charge in [0.1, 0.15) is 0 Å². The predicted molar refractivity (Wildman–Crippen MR) is 125 cm³/mol. The third-order valence-corrected chi connectivity index (χ3v) is 4.13. The summed E-state index contributed by atoms with van der Waals surface area (Å²) in [5.74, 6) is 2.04. The molecule has 0 spiro atoms. The summed E-state index contributed by atoms with van der Waals surface area (Å²) in [5, 5.41) is 8.88. The minimum Gasteiger partial charge on any atom is -0.493 e. The number of guanidine groups is 1. The standard InChI is InChI=1S/C21H24N4O2.HI/c1-4-27-20-13-16(9-10-19(20)26-3)25-21(22-2)24-14-18-17-8-6-5-7-15(17)11-12-23-18;/h5-13H,4,14H2,1-3H3,(H2,22,24,25);1H. The highest BCUT2D eigenvalue weighted by Crippen LogP contribution is 2.30. The van der Waals surface area contributed by atoms with Crippen LogP contribution in [0.5, 0.6) is 11.5 Å². The number of hydrogen-bond acceptors (Lipinski definition) is 4. The van der Waals surface area contributed by atoms with Crippen molar-refractivity contribution in [2.45, 2.75) is 13.5 Å². The molecule has 0 aliphatic rings. The highest BCUT2D eigenvalue weighted by atomic mass is 127. The van der Waals surface area contributed by atoms with E-state index in [4.69, 9.17) is 9.47 Å². The van der Waals surface area contributed by atoms with Crippen molar-refractivity contribution in [3.05, 3.63) is 60.4 Å². The average Bonchev–Trinajstić information content (AvgIpc) is 2.71. The van der Waals surface area contributed by atoms with Crippen molar-refractivity contribution >= 4 is 46.4 Å². The van der Waals surface area contributed by atoms with E-state index in [1.165, 1.54) is 5.39 Å². The quantitative estimate of drug-likeness (QED) is 0.303. The molecule has 0 saturated carbocycles. The summed E-state index contributed by atoms with van der Waals surface area (Å²) in [6, 6.07) is 15.9. The molecule has 6 nitrogen and oxygen atoms in total. The van der Waals surface area contributed by atoms with Gasteiger partial charge < -0.3 is 20.1 Å². The number of ether oxygens (including phenoxy) is 2. The third kappa shape index (κ3) is 5.25. The number of rotatable bonds is 6. The maximum absolute atomic E-state index is 5.63. The fourth-order valence-electron chi connectivity index (χ4n) is 2.83. The van der Waals surface area contributed by atoms with E-state index < -0.39 is 0 Å². The van der Waals surface area contributed by atoms with Crippen LogP contribution in [0.1, 0.15) is 12.6 Å². The second kappa shape index (κ2) is 10.7. The minimum atomic E-state index is 0. The van der Waals surface area contributed by atoms with Crippen LogP contribution in [0.15, 0.2) is 59.7 Å². The molecule has 0 fully saturated rings. The Morgan fingerprint density at radius 2 is 1.93 bits per heavy atom. The summed E-state index contributed by atoms with van der Waals surface area (Å²) >= 11 is 0. The Kier molecular flexibility index (Phi) is 8.31. The molecule has 1 aromatic heterocycles. The van der Waals surface area contributed by atoms with Crippen molar-refractivity contribution in [1.82, 2.24) is 10.3 Å². The summed E-state index contributed by atoms with van der Waals surface area (Å²) in [6.45, 7) is 3.08. The van der Waals surface area contributed by atoms with Crippen molar-refractivity contribution in [3.63, 3.8) is 0 Å². The Balaban J connectivity index is 0.00000280. The molecule has 0 radical (unpaired) electrons. The minimum absolute atomic E-state index is 0. The van der Waals surface area contributed by atoms with Crippen LogP contribution in [0.4, 0.5) is 5.69 Å². The van der Waals surface area contributed by atoms with Crippen LogP contribution < -0.4 is 20.1 Å². The van der Waals surface area contributed by atoms with Crippen LogP contribution in [-0.2, 0) is 6.54 Å². The Morgan fingerprint density at radius 3 is 2.68 bits per heavy atom. The van der Waals surface area contributed by atoms with Crippen LogP contribution in [-0.4, -0.2) is 31.7 Å². The molecule has 0 saturated heterocycles. The average molecular weight is 492 g/mol.